The maximum Gasteiger partial charge on any atom is 0.340 e. The normalized spacial score (nSPS) is 11.7. The van der Waals surface area contributed by atoms with E-state index in [1.54, 1.807) is 13.0 Å². The Morgan fingerprint density at radius 3 is 2.18 bits per heavy atom. The highest BCUT2D eigenvalue weighted by Gasteiger charge is 2.24. The number of ether oxygens (including phenoxy) is 2. The number of esters is 1. The number of phenolic OH excluding ortho intramolecular Hbond substituents is 1. The van der Waals surface area contributed by atoms with Gasteiger partial charge in [-0.2, -0.15) is 0 Å². The largest absolute Gasteiger partial charge is 0.507 e. The van der Waals surface area contributed by atoms with Crippen molar-refractivity contribution in [3.63, 3.8) is 0 Å². The van der Waals surface area contributed by atoms with Gasteiger partial charge in [0, 0.05) is 27.3 Å². The molecule has 5 aromatic rings. The standard InChI is InChI=1S/C33H33NO4/c1-5-37-32(36)30-22(2)34(31-27-14-10-9-13-26(27)29(35)21-28(30)31)19-20-38-25-17-15-24(16-18-25)33(3,4)23-11-7-6-8-12-23/h6-18,21,35H,5,19-20H2,1-4H3. The summed E-state index contributed by atoms with van der Waals surface area (Å²) in [6.07, 6.45) is 0. The van der Waals surface area contributed by atoms with Crippen LogP contribution in [0.1, 0.15) is 48.0 Å². The van der Waals surface area contributed by atoms with E-state index in [-0.39, 0.29) is 23.7 Å². The van der Waals surface area contributed by atoms with Gasteiger partial charge in [-0.15, -0.1) is 0 Å². The van der Waals surface area contributed by atoms with Crippen LogP contribution in [0.15, 0.2) is 84.9 Å². The molecule has 0 amide bonds. The monoisotopic (exact) mass is 507 g/mol. The van der Waals surface area contributed by atoms with Crippen LogP contribution < -0.4 is 4.74 Å². The van der Waals surface area contributed by atoms with Crippen LogP contribution in [-0.2, 0) is 16.7 Å². The van der Waals surface area contributed by atoms with E-state index in [0.29, 0.717) is 24.1 Å². The molecule has 194 valence electrons. The Labute approximate surface area is 223 Å². The van der Waals surface area contributed by atoms with E-state index in [1.165, 1.54) is 11.1 Å². The van der Waals surface area contributed by atoms with Gasteiger partial charge in [0.1, 0.15) is 18.1 Å². The van der Waals surface area contributed by atoms with Gasteiger partial charge in [0.2, 0.25) is 0 Å². The van der Waals surface area contributed by atoms with Crippen LogP contribution in [-0.4, -0.2) is 28.9 Å². The molecule has 4 aromatic carbocycles. The number of rotatable bonds is 8. The number of carbonyl (C=O) groups excluding carboxylic acids is 1. The third-order valence-corrected chi connectivity index (χ3v) is 7.43. The summed E-state index contributed by atoms with van der Waals surface area (Å²) in [6, 6.07) is 28.1. The van der Waals surface area contributed by atoms with Crippen LogP contribution in [0.2, 0.25) is 0 Å². The molecule has 1 N–H and O–H groups in total. The Bertz CT molecular complexity index is 1600. The van der Waals surface area contributed by atoms with Crippen LogP contribution in [0, 0.1) is 6.92 Å². The summed E-state index contributed by atoms with van der Waals surface area (Å²) in [6.45, 7) is 9.39. The first kappa shape index (κ1) is 25.4. The Kier molecular flexibility index (Phi) is 6.85. The molecule has 38 heavy (non-hydrogen) atoms. The van der Waals surface area contributed by atoms with Crippen molar-refractivity contribution in [1.29, 1.82) is 0 Å². The van der Waals surface area contributed by atoms with Gasteiger partial charge in [0.15, 0.2) is 0 Å². The highest BCUT2D eigenvalue weighted by molar-refractivity contribution is 6.16. The van der Waals surface area contributed by atoms with Crippen molar-refractivity contribution in [1.82, 2.24) is 4.57 Å². The number of aromatic nitrogens is 1. The molecular weight excluding hydrogens is 474 g/mol. The van der Waals surface area contributed by atoms with Gasteiger partial charge in [-0.1, -0.05) is 80.6 Å². The van der Waals surface area contributed by atoms with Crippen molar-refractivity contribution in [2.45, 2.75) is 39.7 Å². The fraction of sp³-hybridized carbons (Fsp3) is 0.242. The van der Waals surface area contributed by atoms with Crippen molar-refractivity contribution < 1.29 is 19.4 Å². The molecule has 0 saturated heterocycles. The lowest BCUT2D eigenvalue weighted by molar-refractivity contribution is 0.0527. The van der Waals surface area contributed by atoms with Gasteiger partial charge < -0.3 is 19.1 Å². The lowest BCUT2D eigenvalue weighted by Crippen LogP contribution is -2.18. The van der Waals surface area contributed by atoms with E-state index in [0.717, 1.165) is 27.7 Å². The van der Waals surface area contributed by atoms with Crippen molar-refractivity contribution >= 4 is 27.6 Å². The molecule has 0 saturated carbocycles. The molecule has 0 aliphatic rings. The lowest BCUT2D eigenvalue weighted by atomic mass is 9.78. The second-order valence-corrected chi connectivity index (χ2v) is 10.0. The minimum absolute atomic E-state index is 0.114. The summed E-state index contributed by atoms with van der Waals surface area (Å²) >= 11 is 0. The number of carbonyl (C=O) groups is 1. The topological polar surface area (TPSA) is 60.7 Å². The summed E-state index contributed by atoms with van der Waals surface area (Å²) in [5.74, 6) is 0.548. The summed E-state index contributed by atoms with van der Waals surface area (Å²) in [5, 5.41) is 13.0. The zero-order valence-electron chi connectivity index (χ0n) is 22.3. The molecule has 1 aromatic heterocycles. The molecule has 0 aliphatic carbocycles. The molecule has 0 radical (unpaired) electrons. The highest BCUT2D eigenvalue weighted by Crippen LogP contribution is 2.38. The van der Waals surface area contributed by atoms with Crippen molar-refractivity contribution in [3.8, 4) is 11.5 Å². The summed E-state index contributed by atoms with van der Waals surface area (Å²) in [4.78, 5) is 12.9. The first-order chi connectivity index (χ1) is 18.3. The Hall–Kier alpha value is -4.25. The van der Waals surface area contributed by atoms with Crippen molar-refractivity contribution in [3.05, 3.63) is 107 Å². The molecule has 0 bridgehead atoms. The molecule has 0 unspecified atom stereocenters. The predicted octanol–water partition coefficient (Wildman–Crippen LogP) is 7.39. The summed E-state index contributed by atoms with van der Waals surface area (Å²) < 4.78 is 13.6. The number of fused-ring (bicyclic) bond motifs is 3. The molecule has 0 spiro atoms. The van der Waals surface area contributed by atoms with Gasteiger partial charge in [-0.05, 0) is 43.2 Å². The van der Waals surface area contributed by atoms with Crippen molar-refractivity contribution in [2.24, 2.45) is 0 Å². The zero-order valence-corrected chi connectivity index (χ0v) is 22.3. The minimum atomic E-state index is -0.388. The van der Waals surface area contributed by atoms with Crippen LogP contribution in [0.25, 0.3) is 21.7 Å². The van der Waals surface area contributed by atoms with E-state index in [9.17, 15) is 9.90 Å². The Balaban J connectivity index is 1.43. The lowest BCUT2D eigenvalue weighted by Gasteiger charge is -2.26. The van der Waals surface area contributed by atoms with Crippen molar-refractivity contribution in [2.75, 3.05) is 13.2 Å². The number of benzene rings is 4. The van der Waals surface area contributed by atoms with Gasteiger partial charge in [-0.3, -0.25) is 0 Å². The van der Waals surface area contributed by atoms with E-state index in [1.807, 2.05) is 49.4 Å². The second-order valence-electron chi connectivity index (χ2n) is 10.0. The zero-order chi connectivity index (χ0) is 26.9. The predicted molar refractivity (Wildman–Crippen MR) is 152 cm³/mol. The molecule has 0 atom stereocenters. The maximum atomic E-state index is 12.9. The third-order valence-electron chi connectivity index (χ3n) is 7.43. The maximum absolute atomic E-state index is 12.9. The van der Waals surface area contributed by atoms with E-state index in [2.05, 4.69) is 54.8 Å². The second kappa shape index (κ2) is 10.3. The van der Waals surface area contributed by atoms with Crippen LogP contribution in [0.3, 0.4) is 0 Å². The summed E-state index contributed by atoms with van der Waals surface area (Å²) in [7, 11) is 0. The van der Waals surface area contributed by atoms with Gasteiger partial charge in [0.25, 0.3) is 0 Å². The number of hydrogen-bond acceptors (Lipinski definition) is 4. The molecule has 0 fully saturated rings. The Morgan fingerprint density at radius 1 is 0.868 bits per heavy atom. The number of aromatic hydroxyl groups is 1. The molecular formula is C33H33NO4. The average molecular weight is 508 g/mol. The Morgan fingerprint density at radius 2 is 1.50 bits per heavy atom. The quantitative estimate of drug-likeness (QED) is 0.223. The van der Waals surface area contributed by atoms with Crippen LogP contribution >= 0.6 is 0 Å². The third kappa shape index (κ3) is 4.49. The van der Waals surface area contributed by atoms with Crippen LogP contribution in [0.5, 0.6) is 11.5 Å². The molecule has 0 aliphatic heterocycles. The van der Waals surface area contributed by atoms with Gasteiger partial charge in [0.05, 0.1) is 24.2 Å². The fourth-order valence-corrected chi connectivity index (χ4v) is 5.30. The van der Waals surface area contributed by atoms with Gasteiger partial charge >= 0.3 is 5.97 Å². The first-order valence-corrected chi connectivity index (χ1v) is 13.0. The van der Waals surface area contributed by atoms with Crippen LogP contribution in [0.4, 0.5) is 0 Å². The molecule has 1 heterocycles. The van der Waals surface area contributed by atoms with E-state index >= 15 is 0 Å². The van der Waals surface area contributed by atoms with E-state index < -0.39 is 0 Å². The highest BCUT2D eigenvalue weighted by atomic mass is 16.5. The number of phenols is 1. The summed E-state index contributed by atoms with van der Waals surface area (Å²) in [5.41, 5.74) is 4.53. The van der Waals surface area contributed by atoms with E-state index in [4.69, 9.17) is 9.47 Å². The molecule has 5 heteroatoms. The SMILES string of the molecule is CCOC(=O)c1c(C)n(CCOc2ccc(C(C)(C)c3ccccc3)cc2)c2c1cc(O)c1ccccc12. The average Bonchev–Trinajstić information content (AvgIpc) is 3.20. The number of hydrogen-bond donors (Lipinski definition) is 1. The number of nitrogens with zero attached hydrogens (tertiary/aromatic N) is 1. The minimum Gasteiger partial charge on any atom is -0.507 e. The smallest absolute Gasteiger partial charge is 0.340 e. The first-order valence-electron chi connectivity index (χ1n) is 13.0. The fourth-order valence-electron chi connectivity index (χ4n) is 5.30. The van der Waals surface area contributed by atoms with Gasteiger partial charge in [-0.25, -0.2) is 4.79 Å². The molecule has 5 nitrogen and oxygen atoms in total. The molecule has 5 rings (SSSR count).